The molecule has 0 fully saturated rings. The summed E-state index contributed by atoms with van der Waals surface area (Å²) in [5, 5.41) is 0. The van der Waals surface area contributed by atoms with Crippen LogP contribution in [0, 0.1) is 0 Å². The van der Waals surface area contributed by atoms with Crippen molar-refractivity contribution in [1.82, 2.24) is 0 Å². The molecular weight excluding hydrogens is 307 g/mol. The van der Waals surface area contributed by atoms with Crippen molar-refractivity contribution < 1.29 is 21.1 Å². The van der Waals surface area contributed by atoms with Crippen molar-refractivity contribution in [2.75, 3.05) is 0 Å². The SMILES string of the molecule is CC1=[C]([Nb])CC=C1.Cl.Cl.Cl.Cl. The minimum absolute atomic E-state index is 0. The van der Waals surface area contributed by atoms with Crippen LogP contribution in [-0.2, 0) is 21.1 Å². The van der Waals surface area contributed by atoms with Gasteiger partial charge in [-0.1, -0.05) is 0 Å². The third-order valence-electron chi connectivity index (χ3n) is 1.13. The van der Waals surface area contributed by atoms with Crippen LogP contribution in [0.15, 0.2) is 21.5 Å². The Morgan fingerprint density at radius 2 is 1.64 bits per heavy atom. The minimum atomic E-state index is 0. The number of halogens is 4. The molecule has 0 spiro atoms. The first kappa shape index (κ1) is 22.8. The van der Waals surface area contributed by atoms with Crippen molar-refractivity contribution in [2.24, 2.45) is 0 Å². The molecule has 0 aromatic carbocycles. The molecule has 1 aliphatic carbocycles. The van der Waals surface area contributed by atoms with E-state index in [1.165, 1.54) is 12.0 Å². The van der Waals surface area contributed by atoms with Gasteiger partial charge in [-0.3, -0.25) is 0 Å². The molecule has 0 saturated heterocycles. The van der Waals surface area contributed by atoms with Crippen LogP contribution in [0.25, 0.3) is 0 Å². The predicted octanol–water partition coefficient (Wildman–Crippen LogP) is 3.45. The molecule has 0 bridgehead atoms. The molecule has 0 unspecified atom stereocenters. The topological polar surface area (TPSA) is 0 Å². The molecule has 0 saturated carbocycles. The second kappa shape index (κ2) is 11.4. The van der Waals surface area contributed by atoms with Crippen LogP contribution in [0.3, 0.4) is 0 Å². The van der Waals surface area contributed by atoms with Crippen molar-refractivity contribution in [3.05, 3.63) is 21.5 Å². The smallest absolute Gasteiger partial charge is 0.147 e. The fraction of sp³-hybridized carbons (Fsp3) is 0.333. The van der Waals surface area contributed by atoms with Gasteiger partial charge in [0.05, 0.1) is 0 Å². The molecule has 0 N–H and O–H groups in total. The Morgan fingerprint density at radius 3 is 1.73 bits per heavy atom. The molecule has 1 aliphatic rings. The molecule has 0 radical (unpaired) electrons. The predicted molar refractivity (Wildman–Crippen MR) is 55.4 cm³/mol. The van der Waals surface area contributed by atoms with E-state index in [9.17, 15) is 0 Å². The maximum atomic E-state index is 2.21. The van der Waals surface area contributed by atoms with E-state index in [0.29, 0.717) is 0 Å². The van der Waals surface area contributed by atoms with Crippen molar-refractivity contribution in [3.63, 3.8) is 0 Å². The fourth-order valence-corrected chi connectivity index (χ4v) is 1.05. The molecule has 0 aliphatic heterocycles. The van der Waals surface area contributed by atoms with Crippen LogP contribution in [0.4, 0.5) is 0 Å². The van der Waals surface area contributed by atoms with Crippen LogP contribution in [-0.4, -0.2) is 0 Å². The fourth-order valence-electron chi connectivity index (χ4n) is 0.605. The van der Waals surface area contributed by atoms with Gasteiger partial charge in [-0.05, 0) is 0 Å². The van der Waals surface area contributed by atoms with Crippen molar-refractivity contribution >= 4 is 49.6 Å². The summed E-state index contributed by atoms with van der Waals surface area (Å²) in [6, 6.07) is 0. The molecule has 1 rings (SSSR count). The molecule has 0 aromatic rings. The Kier molecular flexibility index (Phi) is 23.6. The molecule has 0 atom stereocenters. The molecule has 68 valence electrons. The average Bonchev–Trinajstić information content (AvgIpc) is 1.91. The van der Waals surface area contributed by atoms with Crippen LogP contribution in [0.5, 0.6) is 0 Å². The summed E-state index contributed by atoms with van der Waals surface area (Å²) in [4.78, 5) is 0. The van der Waals surface area contributed by atoms with Gasteiger partial charge in [0.1, 0.15) is 0 Å². The summed E-state index contributed by atoms with van der Waals surface area (Å²) in [7, 11) is 0. The number of rotatable bonds is 0. The molecular formula is C6H11Cl4Nb. The van der Waals surface area contributed by atoms with E-state index < -0.39 is 0 Å². The Bertz CT molecular complexity index is 142. The summed E-state index contributed by atoms with van der Waals surface area (Å²) in [6.07, 6.45) is 5.59. The van der Waals surface area contributed by atoms with Gasteiger partial charge >= 0.3 is 55.9 Å². The van der Waals surface area contributed by atoms with E-state index >= 15 is 0 Å². The van der Waals surface area contributed by atoms with Crippen LogP contribution in [0.1, 0.15) is 13.3 Å². The standard InChI is InChI=1S/C6H7.4ClH.Nb/c1-6-4-2-3-5-6;;;;;/h2,4H,3H2,1H3;4*1H;. The zero-order chi connectivity index (χ0) is 5.28. The number of hydrogen-bond acceptors (Lipinski definition) is 0. The van der Waals surface area contributed by atoms with Gasteiger partial charge in [-0.25, -0.2) is 0 Å². The summed E-state index contributed by atoms with van der Waals surface area (Å²) < 4.78 is 1.56. The normalized spacial score (nSPS) is 12.1. The van der Waals surface area contributed by atoms with Crippen molar-refractivity contribution in [2.45, 2.75) is 13.3 Å². The van der Waals surface area contributed by atoms with E-state index in [1.54, 1.807) is 3.79 Å². The third-order valence-corrected chi connectivity index (χ3v) is 2.45. The largest absolute Gasteiger partial charge is 0.147 e. The van der Waals surface area contributed by atoms with Crippen molar-refractivity contribution in [3.8, 4) is 0 Å². The zero-order valence-corrected chi connectivity index (χ0v) is 11.4. The first-order valence-electron chi connectivity index (χ1n) is 2.36. The van der Waals surface area contributed by atoms with Crippen LogP contribution < -0.4 is 0 Å². The summed E-state index contributed by atoms with van der Waals surface area (Å²) in [6.45, 7) is 2.16. The molecule has 0 amide bonds. The van der Waals surface area contributed by atoms with Gasteiger partial charge in [0.25, 0.3) is 0 Å². The van der Waals surface area contributed by atoms with E-state index in [-0.39, 0.29) is 49.6 Å². The quantitative estimate of drug-likeness (QED) is 0.600. The maximum Gasteiger partial charge on any atom is -0.147 e. The van der Waals surface area contributed by atoms with Gasteiger partial charge in [-0.2, -0.15) is 0 Å². The Balaban J connectivity index is -0.0000000612. The number of hydrogen-bond donors (Lipinski definition) is 0. The maximum absolute atomic E-state index is 2.21. The number of allylic oxidation sites excluding steroid dienone is 4. The summed E-state index contributed by atoms with van der Waals surface area (Å²) in [5.74, 6) is 0. The average molecular weight is 318 g/mol. The summed E-state index contributed by atoms with van der Waals surface area (Å²) >= 11 is 1.84. The van der Waals surface area contributed by atoms with Crippen molar-refractivity contribution in [1.29, 1.82) is 0 Å². The van der Waals surface area contributed by atoms with Gasteiger partial charge < -0.3 is 0 Å². The van der Waals surface area contributed by atoms with E-state index in [0.717, 1.165) is 0 Å². The monoisotopic (exact) mass is 316 g/mol. The molecule has 0 aromatic heterocycles. The Labute approximate surface area is 105 Å². The van der Waals surface area contributed by atoms with E-state index in [4.69, 9.17) is 0 Å². The Morgan fingerprint density at radius 1 is 1.18 bits per heavy atom. The van der Waals surface area contributed by atoms with Gasteiger partial charge in [0.2, 0.25) is 0 Å². The van der Waals surface area contributed by atoms with E-state index in [1.807, 2.05) is 21.1 Å². The summed E-state index contributed by atoms with van der Waals surface area (Å²) in [5.41, 5.74) is 1.47. The van der Waals surface area contributed by atoms with Crippen LogP contribution >= 0.6 is 49.6 Å². The zero-order valence-electron chi connectivity index (χ0n) is 5.94. The minimum Gasteiger partial charge on any atom is -0.147 e. The van der Waals surface area contributed by atoms with Gasteiger partial charge in [0.15, 0.2) is 0 Å². The first-order valence-corrected chi connectivity index (χ1v) is 3.46. The third kappa shape index (κ3) is 7.73. The molecule has 0 nitrogen and oxygen atoms in total. The molecule has 5 heteroatoms. The molecule has 0 heterocycles. The van der Waals surface area contributed by atoms with Crippen LogP contribution in [0.2, 0.25) is 0 Å². The Hall–Kier alpha value is 1.38. The second-order valence-electron chi connectivity index (χ2n) is 1.74. The molecule has 11 heavy (non-hydrogen) atoms. The van der Waals surface area contributed by atoms with Gasteiger partial charge in [-0.15, -0.1) is 49.6 Å². The van der Waals surface area contributed by atoms with E-state index in [2.05, 4.69) is 19.1 Å². The van der Waals surface area contributed by atoms with Gasteiger partial charge in [0, 0.05) is 0 Å². The second-order valence-corrected chi connectivity index (χ2v) is 3.06. The first-order chi connectivity index (χ1) is 3.30.